The summed E-state index contributed by atoms with van der Waals surface area (Å²) in [5.74, 6) is 0. The fraction of sp³-hybridized carbons (Fsp3) is 0.391. The molecule has 6 heteroatoms. The fourth-order valence-electron chi connectivity index (χ4n) is 4.30. The Balaban J connectivity index is 0.00000210. The molecule has 160 valence electrons. The van der Waals surface area contributed by atoms with Crippen LogP contribution in [-0.4, -0.2) is 22.8 Å². The van der Waals surface area contributed by atoms with Gasteiger partial charge in [0.2, 0.25) is 0 Å². The Labute approximate surface area is 199 Å². The maximum Gasteiger partial charge on any atom is -0.147 e. The molecule has 0 saturated heterocycles. The van der Waals surface area contributed by atoms with Crippen LogP contribution in [0.25, 0.3) is 0 Å². The Morgan fingerprint density at radius 1 is 0.724 bits per heavy atom. The molecule has 0 radical (unpaired) electrons. The van der Waals surface area contributed by atoms with E-state index in [1.165, 1.54) is 12.8 Å². The zero-order chi connectivity index (χ0) is 19.9. The number of allylic oxidation sites excluding steroid dienone is 8. The van der Waals surface area contributed by atoms with Gasteiger partial charge in [-0.25, -0.2) is 0 Å². The normalized spacial score (nSPS) is 17.3. The molecular formula is C23H38Cl2Si3Zr. The van der Waals surface area contributed by atoms with E-state index < -0.39 is 35.6 Å². The molecule has 0 saturated carbocycles. The Morgan fingerprint density at radius 3 is 1.48 bits per heavy atom. The first-order valence-electron chi connectivity index (χ1n) is 10.4. The summed E-state index contributed by atoms with van der Waals surface area (Å²) in [6.45, 7) is 14.7. The topological polar surface area (TPSA) is 0 Å². The van der Waals surface area contributed by atoms with Gasteiger partial charge in [0.15, 0.2) is 0 Å². The van der Waals surface area contributed by atoms with E-state index in [1.54, 1.807) is 15.6 Å². The molecule has 0 aromatic heterocycles. The molecule has 2 aliphatic carbocycles. The molecule has 0 nitrogen and oxygen atoms in total. The van der Waals surface area contributed by atoms with Gasteiger partial charge in [-0.15, -0.1) is 24.8 Å². The minimum absolute atomic E-state index is 0. The van der Waals surface area contributed by atoms with Crippen molar-refractivity contribution < 1.29 is 19.4 Å². The Bertz CT molecular complexity index is 793. The SMILES string of the molecule is C[Si](C)(C)C1=CC[C]([Zr]([CH3])([SiH2]c2ccccc2)[C]2=CC([Si](C)(C)C)=CC2)=C1.Cl.Cl. The zero-order valence-corrected chi connectivity index (χ0v) is 26.6. The van der Waals surface area contributed by atoms with Crippen LogP contribution in [-0.2, 0) is 19.4 Å². The summed E-state index contributed by atoms with van der Waals surface area (Å²) < 4.78 is 6.57. The van der Waals surface area contributed by atoms with Crippen molar-refractivity contribution in [2.75, 3.05) is 0 Å². The fourth-order valence-corrected chi connectivity index (χ4v) is 29.5. The molecule has 1 aromatic carbocycles. The average Bonchev–Trinajstić information content (AvgIpc) is 3.25. The van der Waals surface area contributed by atoms with Crippen molar-refractivity contribution in [2.24, 2.45) is 0 Å². The van der Waals surface area contributed by atoms with Crippen molar-refractivity contribution in [2.45, 2.75) is 56.8 Å². The molecule has 1 aromatic rings. The minimum atomic E-state index is -2.50. The van der Waals surface area contributed by atoms with E-state index in [2.05, 4.69) is 98.5 Å². The first kappa shape index (κ1) is 27.3. The van der Waals surface area contributed by atoms with Crippen LogP contribution in [0.1, 0.15) is 12.8 Å². The predicted octanol–water partition coefficient (Wildman–Crippen LogP) is 6.62. The summed E-state index contributed by atoms with van der Waals surface area (Å²) in [5, 5.41) is 5.10. The van der Waals surface area contributed by atoms with Crippen molar-refractivity contribution in [3.63, 3.8) is 0 Å². The molecule has 0 heterocycles. The first-order chi connectivity index (χ1) is 12.5. The largest absolute Gasteiger partial charge is 0.147 e. The summed E-state index contributed by atoms with van der Waals surface area (Å²) in [6.07, 6.45) is 13.1. The summed E-state index contributed by atoms with van der Waals surface area (Å²) in [6, 6.07) is 11.5. The standard InChI is InChI=1S/2C8H13Si.C6H7Si.CH3.2ClH.Zr/c2*1-9(2,3)8-6-4-5-7-8;7-6-4-2-1-3-5-6;;;;/h2*6-7H,4H2,1-3H3;1-5H,7H2;1H3;2*1H;. The molecule has 0 N–H and O–H groups in total. The maximum absolute atomic E-state index is 2.77. The monoisotopic (exact) mass is 558 g/mol. The number of hydrogen-bond acceptors (Lipinski definition) is 0. The summed E-state index contributed by atoms with van der Waals surface area (Å²) in [7, 11) is -2.42. The average molecular weight is 561 g/mol. The Morgan fingerprint density at radius 2 is 1.14 bits per heavy atom. The molecule has 0 unspecified atom stereocenters. The van der Waals surface area contributed by atoms with E-state index in [0.717, 1.165) is 0 Å². The number of halogens is 2. The quantitative estimate of drug-likeness (QED) is 0.343. The zero-order valence-electron chi connectivity index (χ0n) is 19.1. The van der Waals surface area contributed by atoms with Crippen LogP contribution in [0.5, 0.6) is 0 Å². The van der Waals surface area contributed by atoms with Crippen molar-refractivity contribution >= 4 is 52.8 Å². The van der Waals surface area contributed by atoms with Crippen LogP contribution in [0.4, 0.5) is 0 Å². The Kier molecular flexibility index (Phi) is 9.68. The second-order valence-corrected chi connectivity index (χ2v) is 42.6. The molecule has 0 spiro atoms. The molecule has 3 rings (SSSR count). The summed E-state index contributed by atoms with van der Waals surface area (Å²) in [4.78, 5) is 0. The van der Waals surface area contributed by atoms with Gasteiger partial charge in [-0.3, -0.25) is 0 Å². The Hall–Kier alpha value is 0.294. The molecule has 0 aliphatic heterocycles. The van der Waals surface area contributed by atoms with Crippen molar-refractivity contribution in [1.82, 2.24) is 0 Å². The van der Waals surface area contributed by atoms with Gasteiger partial charge in [0.05, 0.1) is 0 Å². The van der Waals surface area contributed by atoms with Crippen LogP contribution >= 0.6 is 24.8 Å². The van der Waals surface area contributed by atoms with Crippen LogP contribution in [0, 0.1) is 0 Å². The molecule has 2 aliphatic rings. The van der Waals surface area contributed by atoms with Gasteiger partial charge in [-0.2, -0.15) is 0 Å². The van der Waals surface area contributed by atoms with E-state index in [4.69, 9.17) is 0 Å². The second-order valence-electron chi connectivity index (χ2n) is 10.6. The molecular weight excluding hydrogens is 523 g/mol. The molecule has 0 atom stereocenters. The summed E-state index contributed by atoms with van der Waals surface area (Å²) >= 11 is -2.50. The van der Waals surface area contributed by atoms with Gasteiger partial charge in [-0.05, 0) is 0 Å². The van der Waals surface area contributed by atoms with E-state index >= 15 is 0 Å². The van der Waals surface area contributed by atoms with Crippen molar-refractivity contribution in [1.29, 1.82) is 0 Å². The number of benzene rings is 1. The van der Waals surface area contributed by atoms with Gasteiger partial charge in [0.1, 0.15) is 0 Å². The van der Waals surface area contributed by atoms with Gasteiger partial charge < -0.3 is 0 Å². The van der Waals surface area contributed by atoms with Gasteiger partial charge >= 0.3 is 176 Å². The van der Waals surface area contributed by atoms with Gasteiger partial charge in [0.25, 0.3) is 0 Å². The van der Waals surface area contributed by atoms with E-state index in [1.807, 2.05) is 6.56 Å². The number of rotatable bonds is 6. The third-order valence-corrected chi connectivity index (χ3v) is 34.3. The van der Waals surface area contributed by atoms with Crippen LogP contribution in [0.3, 0.4) is 0 Å². The molecule has 0 amide bonds. The van der Waals surface area contributed by atoms with Gasteiger partial charge in [-0.1, -0.05) is 0 Å². The molecule has 0 fully saturated rings. The van der Waals surface area contributed by atoms with Crippen molar-refractivity contribution in [3.8, 4) is 0 Å². The number of hydrogen-bond donors (Lipinski definition) is 0. The van der Waals surface area contributed by atoms with E-state index in [0.29, 0.717) is 0 Å². The van der Waals surface area contributed by atoms with E-state index in [-0.39, 0.29) is 31.5 Å². The van der Waals surface area contributed by atoms with E-state index in [9.17, 15) is 0 Å². The first-order valence-corrected chi connectivity index (χ1v) is 28.9. The van der Waals surface area contributed by atoms with Crippen LogP contribution in [0.15, 0.2) is 71.6 Å². The molecule has 29 heavy (non-hydrogen) atoms. The van der Waals surface area contributed by atoms with Gasteiger partial charge in [0, 0.05) is 0 Å². The maximum atomic E-state index is 2.77. The van der Waals surface area contributed by atoms with Crippen LogP contribution in [0.2, 0.25) is 43.9 Å². The molecule has 0 bridgehead atoms. The third-order valence-electron chi connectivity index (χ3n) is 6.29. The smallest absolute Gasteiger partial charge is 0.147 e. The second kappa shape index (κ2) is 10.3. The van der Waals surface area contributed by atoms with Crippen molar-refractivity contribution in [3.05, 3.63) is 71.6 Å². The third kappa shape index (κ3) is 6.40. The minimum Gasteiger partial charge on any atom is -0.147 e. The predicted molar refractivity (Wildman–Crippen MR) is 143 cm³/mol. The summed E-state index contributed by atoms with van der Waals surface area (Å²) in [5.41, 5.74) is 0. The van der Waals surface area contributed by atoms with Crippen LogP contribution < -0.4 is 5.19 Å².